The van der Waals surface area contributed by atoms with Gasteiger partial charge in [0, 0.05) is 12.2 Å². The fourth-order valence-corrected chi connectivity index (χ4v) is 0.717. The van der Waals surface area contributed by atoms with E-state index in [2.05, 4.69) is 5.16 Å². The largest absolute Gasteiger partial charge is 0.375 e. The van der Waals surface area contributed by atoms with Gasteiger partial charge in [-0.1, -0.05) is 5.16 Å². The lowest BCUT2D eigenvalue weighted by molar-refractivity contribution is 0.128. The number of anilines is 1. The summed E-state index contributed by atoms with van der Waals surface area (Å²) in [7, 11) is 0. The smallest absolute Gasteiger partial charge is 0.225 e. The predicted octanol–water partition coefficient (Wildman–Crippen LogP) is 1.10. The Balaban J connectivity index is 2.63. The van der Waals surface area contributed by atoms with Crippen LogP contribution in [0.25, 0.3) is 0 Å². The van der Waals surface area contributed by atoms with E-state index in [0.29, 0.717) is 19.1 Å². The van der Waals surface area contributed by atoms with Crippen molar-refractivity contribution in [1.29, 1.82) is 0 Å². The number of hydrogen-bond acceptors (Lipinski definition) is 4. The lowest BCUT2D eigenvalue weighted by Crippen LogP contribution is -1.94. The van der Waals surface area contributed by atoms with Gasteiger partial charge in [0.05, 0.1) is 6.61 Å². The fourth-order valence-electron chi connectivity index (χ4n) is 0.717. The van der Waals surface area contributed by atoms with E-state index in [1.54, 1.807) is 0 Å². The van der Waals surface area contributed by atoms with E-state index in [4.69, 9.17) is 15.0 Å². The molecule has 0 aliphatic heterocycles. The zero-order chi connectivity index (χ0) is 8.27. The molecule has 0 aromatic carbocycles. The van der Waals surface area contributed by atoms with Crippen LogP contribution in [0.3, 0.4) is 0 Å². The van der Waals surface area contributed by atoms with Crippen molar-refractivity contribution in [3.8, 4) is 0 Å². The quantitative estimate of drug-likeness (QED) is 0.711. The van der Waals surface area contributed by atoms with Gasteiger partial charge in [-0.2, -0.15) is 0 Å². The van der Waals surface area contributed by atoms with Crippen LogP contribution in [0.2, 0.25) is 0 Å². The van der Waals surface area contributed by atoms with Crippen molar-refractivity contribution in [2.24, 2.45) is 0 Å². The summed E-state index contributed by atoms with van der Waals surface area (Å²) >= 11 is 0. The van der Waals surface area contributed by atoms with Gasteiger partial charge in [0.1, 0.15) is 5.69 Å². The van der Waals surface area contributed by atoms with Gasteiger partial charge in [0.15, 0.2) is 0 Å². The molecule has 0 aliphatic rings. The van der Waals surface area contributed by atoms with Crippen molar-refractivity contribution in [3.05, 3.63) is 11.3 Å². The highest BCUT2D eigenvalue weighted by Gasteiger charge is 2.07. The van der Waals surface area contributed by atoms with Crippen LogP contribution in [0.5, 0.6) is 0 Å². The Morgan fingerprint density at radius 1 is 1.64 bits per heavy atom. The lowest BCUT2D eigenvalue weighted by Gasteiger charge is -1.95. The average Bonchev–Trinajstić information content (AvgIpc) is 2.31. The van der Waals surface area contributed by atoms with Crippen molar-refractivity contribution in [1.82, 2.24) is 5.16 Å². The van der Waals surface area contributed by atoms with Crippen LogP contribution in [0, 0.1) is 6.92 Å². The van der Waals surface area contributed by atoms with Crippen LogP contribution in [0.1, 0.15) is 18.2 Å². The van der Waals surface area contributed by atoms with Gasteiger partial charge in [-0.25, -0.2) is 0 Å². The number of rotatable bonds is 3. The second-order valence-electron chi connectivity index (χ2n) is 2.26. The number of nitrogens with two attached hydrogens (primary N) is 1. The molecule has 0 radical (unpaired) electrons. The van der Waals surface area contributed by atoms with E-state index in [1.165, 1.54) is 0 Å². The molecule has 0 saturated carbocycles. The summed E-state index contributed by atoms with van der Waals surface area (Å²) in [5, 5.41) is 3.73. The summed E-state index contributed by atoms with van der Waals surface area (Å²) in [6, 6.07) is 0. The standard InChI is InChI=1S/C7H12N2O2/c1-3-10-4-6-5(2)7(8)11-9-6/h3-4,8H2,1-2H3. The van der Waals surface area contributed by atoms with Gasteiger partial charge in [0.25, 0.3) is 0 Å². The van der Waals surface area contributed by atoms with Crippen LogP contribution in [-0.2, 0) is 11.3 Å². The molecule has 1 aromatic rings. The van der Waals surface area contributed by atoms with Gasteiger partial charge in [-0.3, -0.25) is 0 Å². The summed E-state index contributed by atoms with van der Waals surface area (Å²) < 4.78 is 9.88. The van der Waals surface area contributed by atoms with Crippen molar-refractivity contribution < 1.29 is 9.26 Å². The second-order valence-corrected chi connectivity index (χ2v) is 2.26. The Labute approximate surface area is 65.3 Å². The monoisotopic (exact) mass is 156 g/mol. The zero-order valence-electron chi connectivity index (χ0n) is 6.76. The van der Waals surface area contributed by atoms with Crippen LogP contribution in [0.4, 0.5) is 5.88 Å². The first-order valence-electron chi connectivity index (χ1n) is 3.54. The van der Waals surface area contributed by atoms with E-state index < -0.39 is 0 Å². The summed E-state index contributed by atoms with van der Waals surface area (Å²) in [6.07, 6.45) is 0. The van der Waals surface area contributed by atoms with E-state index in [9.17, 15) is 0 Å². The molecule has 1 rings (SSSR count). The summed E-state index contributed by atoms with van der Waals surface area (Å²) in [5.41, 5.74) is 7.08. The van der Waals surface area contributed by atoms with Gasteiger partial charge in [0.2, 0.25) is 5.88 Å². The number of hydrogen-bond donors (Lipinski definition) is 1. The molecular weight excluding hydrogens is 144 g/mol. The minimum atomic E-state index is 0.375. The minimum absolute atomic E-state index is 0.375. The highest BCUT2D eigenvalue weighted by Crippen LogP contribution is 2.14. The second kappa shape index (κ2) is 3.39. The van der Waals surface area contributed by atoms with Crippen molar-refractivity contribution in [2.45, 2.75) is 20.5 Å². The summed E-state index contributed by atoms with van der Waals surface area (Å²) in [6.45, 7) is 4.94. The average molecular weight is 156 g/mol. The maximum absolute atomic E-state index is 5.43. The Morgan fingerprint density at radius 2 is 2.36 bits per heavy atom. The third kappa shape index (κ3) is 1.71. The van der Waals surface area contributed by atoms with Gasteiger partial charge >= 0.3 is 0 Å². The molecule has 0 fully saturated rings. The number of aromatic nitrogens is 1. The Hall–Kier alpha value is -1.03. The molecule has 0 aliphatic carbocycles. The van der Waals surface area contributed by atoms with Crippen LogP contribution < -0.4 is 5.73 Å². The molecule has 2 N–H and O–H groups in total. The van der Waals surface area contributed by atoms with Crippen LogP contribution in [0.15, 0.2) is 4.52 Å². The van der Waals surface area contributed by atoms with Crippen molar-refractivity contribution >= 4 is 5.88 Å². The number of nitrogens with zero attached hydrogens (tertiary/aromatic N) is 1. The molecule has 0 bridgehead atoms. The molecular formula is C7H12N2O2. The molecule has 0 spiro atoms. The van der Waals surface area contributed by atoms with Crippen molar-refractivity contribution in [3.63, 3.8) is 0 Å². The summed E-state index contributed by atoms with van der Waals surface area (Å²) in [4.78, 5) is 0. The third-order valence-electron chi connectivity index (χ3n) is 1.50. The molecule has 0 unspecified atom stereocenters. The van der Waals surface area contributed by atoms with Crippen LogP contribution in [-0.4, -0.2) is 11.8 Å². The molecule has 1 heterocycles. The van der Waals surface area contributed by atoms with Crippen molar-refractivity contribution in [2.75, 3.05) is 12.3 Å². The molecule has 62 valence electrons. The first kappa shape index (κ1) is 8.07. The topological polar surface area (TPSA) is 61.3 Å². The lowest BCUT2D eigenvalue weighted by atomic mass is 10.3. The number of nitrogen functional groups attached to an aromatic ring is 1. The van der Waals surface area contributed by atoms with E-state index in [1.807, 2.05) is 13.8 Å². The molecule has 1 aromatic heterocycles. The Bertz CT molecular complexity index is 232. The molecule has 0 atom stereocenters. The molecule has 0 saturated heterocycles. The third-order valence-corrected chi connectivity index (χ3v) is 1.50. The van der Waals surface area contributed by atoms with Gasteiger partial charge in [-0.15, -0.1) is 0 Å². The molecule has 11 heavy (non-hydrogen) atoms. The zero-order valence-corrected chi connectivity index (χ0v) is 6.76. The summed E-state index contributed by atoms with van der Waals surface area (Å²) in [5.74, 6) is 0.375. The maximum Gasteiger partial charge on any atom is 0.225 e. The van der Waals surface area contributed by atoms with E-state index in [0.717, 1.165) is 11.3 Å². The predicted molar refractivity (Wildman–Crippen MR) is 41.0 cm³/mol. The Kier molecular flexibility index (Phi) is 2.48. The maximum atomic E-state index is 5.43. The first-order valence-corrected chi connectivity index (χ1v) is 3.54. The normalized spacial score (nSPS) is 10.4. The van der Waals surface area contributed by atoms with Gasteiger partial charge in [-0.05, 0) is 13.8 Å². The highest BCUT2D eigenvalue weighted by atomic mass is 16.5. The van der Waals surface area contributed by atoms with E-state index in [-0.39, 0.29) is 0 Å². The number of ether oxygens (including phenoxy) is 1. The van der Waals surface area contributed by atoms with Crippen LogP contribution >= 0.6 is 0 Å². The fraction of sp³-hybridized carbons (Fsp3) is 0.571. The van der Waals surface area contributed by atoms with E-state index >= 15 is 0 Å². The van der Waals surface area contributed by atoms with Gasteiger partial charge < -0.3 is 15.0 Å². The first-order chi connectivity index (χ1) is 5.25. The molecule has 4 nitrogen and oxygen atoms in total. The minimum Gasteiger partial charge on any atom is -0.375 e. The molecule has 0 amide bonds. The highest BCUT2D eigenvalue weighted by molar-refractivity contribution is 5.36. The SMILES string of the molecule is CCOCc1noc(N)c1C. The Morgan fingerprint density at radius 3 is 2.82 bits per heavy atom. The molecule has 4 heteroatoms.